The number of carbonyl (C=O) groups is 3. The van der Waals surface area contributed by atoms with E-state index in [0.717, 1.165) is 41.2 Å². The van der Waals surface area contributed by atoms with Crippen LogP contribution in [0.15, 0.2) is 0 Å². The van der Waals surface area contributed by atoms with Gasteiger partial charge in [-0.2, -0.15) is 10.1 Å². The lowest BCUT2D eigenvalue weighted by Gasteiger charge is -2.30. The van der Waals surface area contributed by atoms with Crippen molar-refractivity contribution in [3.8, 4) is 0 Å². The normalized spacial score (nSPS) is 19.4. The van der Waals surface area contributed by atoms with Crippen LogP contribution >= 0.6 is 0 Å². The summed E-state index contributed by atoms with van der Waals surface area (Å²) < 4.78 is 1.78. The van der Waals surface area contributed by atoms with Crippen molar-refractivity contribution >= 4 is 17.8 Å². The van der Waals surface area contributed by atoms with Gasteiger partial charge >= 0.3 is 6.03 Å². The lowest BCUT2D eigenvalue weighted by atomic mass is 9.82. The number of nitrogens with one attached hydrogen (secondary N) is 2. The van der Waals surface area contributed by atoms with E-state index in [2.05, 4.69) is 15.8 Å². The van der Waals surface area contributed by atoms with Crippen molar-refractivity contribution in [3.05, 3.63) is 17.0 Å². The number of nitrogens with zero attached hydrogens (tertiary/aromatic N) is 3. The molecule has 25 heavy (non-hydrogen) atoms. The summed E-state index contributed by atoms with van der Waals surface area (Å²) in [6, 6.07) is -0.533. The molecule has 1 aliphatic heterocycles. The van der Waals surface area contributed by atoms with Crippen LogP contribution < -0.4 is 10.7 Å². The van der Waals surface area contributed by atoms with Gasteiger partial charge in [0.15, 0.2) is 0 Å². The minimum absolute atomic E-state index is 0.192. The van der Waals surface area contributed by atoms with Crippen LogP contribution in [0.5, 0.6) is 0 Å². The first-order chi connectivity index (χ1) is 11.8. The van der Waals surface area contributed by atoms with Crippen molar-refractivity contribution < 1.29 is 14.4 Å². The highest BCUT2D eigenvalue weighted by Crippen LogP contribution is 2.33. The Bertz CT molecular complexity index is 718. The molecule has 3 rings (SSSR count). The molecule has 0 bridgehead atoms. The highest BCUT2D eigenvalue weighted by molar-refractivity contribution is 6.08. The van der Waals surface area contributed by atoms with E-state index in [9.17, 15) is 14.4 Å². The average Bonchev–Trinajstić information content (AvgIpc) is 2.94. The molecule has 136 valence electrons. The number of rotatable bonds is 4. The Labute approximate surface area is 146 Å². The summed E-state index contributed by atoms with van der Waals surface area (Å²) in [7, 11) is 1.86. The molecule has 8 nitrogen and oxygen atoms in total. The van der Waals surface area contributed by atoms with Crippen LogP contribution in [-0.4, -0.2) is 38.2 Å². The van der Waals surface area contributed by atoms with Gasteiger partial charge in [-0.15, -0.1) is 0 Å². The first-order valence-corrected chi connectivity index (χ1v) is 8.79. The summed E-state index contributed by atoms with van der Waals surface area (Å²) in [4.78, 5) is 37.0. The Balaban J connectivity index is 1.61. The largest absolute Gasteiger partial charge is 0.344 e. The van der Waals surface area contributed by atoms with Gasteiger partial charge in [-0.1, -0.05) is 19.3 Å². The summed E-state index contributed by atoms with van der Waals surface area (Å²) >= 11 is 0. The Morgan fingerprint density at radius 1 is 1.24 bits per heavy atom. The predicted molar refractivity (Wildman–Crippen MR) is 90.3 cm³/mol. The van der Waals surface area contributed by atoms with E-state index in [1.807, 2.05) is 20.9 Å². The SMILES string of the molecule is Cc1nn(C)c(C)c1CCC(=O)NN1C(=O)NC2(CCCCC2)C1=O. The molecule has 0 unspecified atom stereocenters. The minimum atomic E-state index is -0.820. The van der Waals surface area contributed by atoms with Crippen molar-refractivity contribution in [2.75, 3.05) is 0 Å². The summed E-state index contributed by atoms with van der Waals surface area (Å²) in [6.07, 6.45) is 4.88. The molecule has 2 N–H and O–H groups in total. The average molecular weight is 347 g/mol. The smallest absolute Gasteiger partial charge is 0.322 e. The summed E-state index contributed by atoms with van der Waals surface area (Å²) in [5, 5.41) is 7.97. The highest BCUT2D eigenvalue weighted by atomic mass is 16.2. The van der Waals surface area contributed by atoms with E-state index in [4.69, 9.17) is 0 Å². The van der Waals surface area contributed by atoms with E-state index in [0.29, 0.717) is 19.3 Å². The first-order valence-electron chi connectivity index (χ1n) is 8.79. The maximum absolute atomic E-state index is 12.6. The van der Waals surface area contributed by atoms with Gasteiger partial charge in [-0.25, -0.2) is 4.79 Å². The molecule has 1 aliphatic carbocycles. The number of carbonyl (C=O) groups excluding carboxylic acids is 3. The Kier molecular flexibility index (Phi) is 4.53. The Hall–Kier alpha value is -2.38. The van der Waals surface area contributed by atoms with Gasteiger partial charge in [0, 0.05) is 19.2 Å². The fourth-order valence-electron chi connectivity index (χ4n) is 3.81. The Morgan fingerprint density at radius 2 is 1.92 bits per heavy atom. The van der Waals surface area contributed by atoms with Crippen molar-refractivity contribution in [1.82, 2.24) is 25.5 Å². The number of hydrazine groups is 1. The monoisotopic (exact) mass is 347 g/mol. The van der Waals surface area contributed by atoms with Crippen molar-refractivity contribution in [2.24, 2.45) is 7.05 Å². The van der Waals surface area contributed by atoms with E-state index in [1.54, 1.807) is 4.68 Å². The van der Waals surface area contributed by atoms with E-state index in [1.165, 1.54) is 0 Å². The molecule has 2 heterocycles. The zero-order valence-corrected chi connectivity index (χ0v) is 15.0. The lowest BCUT2D eigenvalue weighted by Crippen LogP contribution is -2.51. The molecule has 0 radical (unpaired) electrons. The maximum Gasteiger partial charge on any atom is 0.344 e. The van der Waals surface area contributed by atoms with Crippen LogP contribution in [0.2, 0.25) is 0 Å². The van der Waals surface area contributed by atoms with Crippen molar-refractivity contribution in [3.63, 3.8) is 0 Å². The topological polar surface area (TPSA) is 96.3 Å². The van der Waals surface area contributed by atoms with Crippen LogP contribution in [-0.2, 0) is 23.1 Å². The van der Waals surface area contributed by atoms with Crippen LogP contribution in [0.4, 0.5) is 4.79 Å². The fourth-order valence-corrected chi connectivity index (χ4v) is 3.81. The third-order valence-corrected chi connectivity index (χ3v) is 5.37. The number of urea groups is 1. The van der Waals surface area contributed by atoms with E-state index >= 15 is 0 Å². The minimum Gasteiger partial charge on any atom is -0.322 e. The van der Waals surface area contributed by atoms with Crippen LogP contribution in [0.25, 0.3) is 0 Å². The van der Waals surface area contributed by atoms with Gasteiger partial charge < -0.3 is 5.32 Å². The number of amides is 4. The van der Waals surface area contributed by atoms with Gasteiger partial charge in [-0.3, -0.25) is 19.7 Å². The van der Waals surface area contributed by atoms with E-state index < -0.39 is 11.6 Å². The highest BCUT2D eigenvalue weighted by Gasteiger charge is 2.52. The zero-order chi connectivity index (χ0) is 18.2. The number of imide groups is 1. The standard InChI is InChI=1S/C17H25N5O3/c1-11-13(12(2)21(3)19-11)7-8-14(23)20-22-15(24)17(18-16(22)25)9-5-4-6-10-17/h4-10H2,1-3H3,(H,18,25)(H,20,23). The number of hydrogen-bond acceptors (Lipinski definition) is 4. The number of aryl methyl sites for hydroxylation is 2. The van der Waals surface area contributed by atoms with Gasteiger partial charge in [0.2, 0.25) is 5.91 Å². The van der Waals surface area contributed by atoms with Gasteiger partial charge in [0.1, 0.15) is 5.54 Å². The molecule has 1 saturated heterocycles. The third-order valence-electron chi connectivity index (χ3n) is 5.37. The summed E-state index contributed by atoms with van der Waals surface area (Å²) in [6.45, 7) is 3.86. The van der Waals surface area contributed by atoms with Crippen LogP contribution in [0.3, 0.4) is 0 Å². The molecule has 1 spiro atoms. The molecule has 4 amide bonds. The second kappa shape index (κ2) is 6.50. The molecule has 0 aromatic carbocycles. The molecular weight excluding hydrogens is 322 g/mol. The summed E-state index contributed by atoms with van der Waals surface area (Å²) in [5.41, 5.74) is 4.59. The summed E-state index contributed by atoms with van der Waals surface area (Å²) in [5.74, 6) is -0.682. The molecular formula is C17H25N5O3. The van der Waals surface area contributed by atoms with Crippen LogP contribution in [0, 0.1) is 13.8 Å². The molecule has 2 aliphatic rings. The van der Waals surface area contributed by atoms with Crippen molar-refractivity contribution in [1.29, 1.82) is 0 Å². The molecule has 1 aromatic heterocycles. The van der Waals surface area contributed by atoms with E-state index in [-0.39, 0.29) is 18.2 Å². The first kappa shape index (κ1) is 17.4. The second-order valence-electron chi connectivity index (χ2n) is 7.02. The lowest BCUT2D eigenvalue weighted by molar-refractivity contribution is -0.139. The maximum atomic E-state index is 12.6. The molecule has 0 atom stereocenters. The van der Waals surface area contributed by atoms with Gasteiger partial charge in [-0.05, 0) is 38.7 Å². The quantitative estimate of drug-likeness (QED) is 0.801. The zero-order valence-electron chi connectivity index (χ0n) is 15.0. The fraction of sp³-hybridized carbons (Fsp3) is 0.647. The number of aromatic nitrogens is 2. The number of hydrogen-bond donors (Lipinski definition) is 2. The van der Waals surface area contributed by atoms with Crippen molar-refractivity contribution in [2.45, 2.75) is 64.3 Å². The van der Waals surface area contributed by atoms with Gasteiger partial charge in [0.05, 0.1) is 5.69 Å². The van der Waals surface area contributed by atoms with Crippen LogP contribution in [0.1, 0.15) is 55.5 Å². The third kappa shape index (κ3) is 3.12. The second-order valence-corrected chi connectivity index (χ2v) is 7.02. The molecule has 1 saturated carbocycles. The Morgan fingerprint density at radius 3 is 2.52 bits per heavy atom. The molecule has 2 fully saturated rings. The predicted octanol–water partition coefficient (Wildman–Crippen LogP) is 1.26. The van der Waals surface area contributed by atoms with Gasteiger partial charge in [0.25, 0.3) is 5.91 Å². The molecule has 8 heteroatoms. The molecule has 1 aromatic rings.